The average molecular weight is 277 g/mol. The molecule has 106 valence electrons. The molecule has 0 unspecified atom stereocenters. The molecule has 3 nitrogen and oxygen atoms in total. The van der Waals surface area contributed by atoms with E-state index >= 15 is 0 Å². The van der Waals surface area contributed by atoms with Crippen molar-refractivity contribution >= 4 is 5.82 Å². The smallest absolute Gasteiger partial charge is 0.142 e. The summed E-state index contributed by atoms with van der Waals surface area (Å²) in [4.78, 5) is 4.47. The lowest BCUT2D eigenvalue weighted by molar-refractivity contribution is 0.670. The van der Waals surface area contributed by atoms with E-state index in [1.807, 2.05) is 0 Å². The SMILES string of the molecule is Cc1ccc(-c2c(C#N)c(N)nc3c2CCCC3)c(C)c1. The van der Waals surface area contributed by atoms with Crippen LogP contribution in [0.2, 0.25) is 0 Å². The number of fused-ring (bicyclic) bond motifs is 1. The number of rotatable bonds is 1. The van der Waals surface area contributed by atoms with Crippen LogP contribution in [0.25, 0.3) is 11.1 Å². The second-order valence-corrected chi connectivity index (χ2v) is 5.81. The number of aryl methyl sites for hydroxylation is 3. The summed E-state index contributed by atoms with van der Waals surface area (Å²) in [5, 5.41) is 9.54. The Morgan fingerprint density at radius 2 is 1.95 bits per heavy atom. The Kier molecular flexibility index (Phi) is 3.39. The maximum Gasteiger partial charge on any atom is 0.142 e. The Morgan fingerprint density at radius 1 is 1.19 bits per heavy atom. The summed E-state index contributed by atoms with van der Waals surface area (Å²) in [5.74, 6) is 0.369. The summed E-state index contributed by atoms with van der Waals surface area (Å²) in [5.41, 5.74) is 13.4. The summed E-state index contributed by atoms with van der Waals surface area (Å²) in [6, 6.07) is 8.62. The van der Waals surface area contributed by atoms with Crippen LogP contribution < -0.4 is 5.73 Å². The Bertz CT molecular complexity index is 754. The number of aromatic nitrogens is 1. The zero-order valence-corrected chi connectivity index (χ0v) is 12.5. The molecule has 1 aliphatic rings. The Hall–Kier alpha value is -2.34. The van der Waals surface area contributed by atoms with Gasteiger partial charge in [0.2, 0.25) is 0 Å². The normalized spacial score (nSPS) is 13.6. The standard InChI is InChI=1S/C18H19N3/c1-11-7-8-13(12(2)9-11)17-14-5-3-4-6-16(14)21-18(20)15(17)10-19/h7-9H,3-6H2,1-2H3,(H2,20,21). The van der Waals surface area contributed by atoms with Gasteiger partial charge in [0.05, 0.1) is 0 Å². The highest BCUT2D eigenvalue weighted by Gasteiger charge is 2.22. The molecule has 0 spiro atoms. The number of nitriles is 1. The van der Waals surface area contributed by atoms with Gasteiger partial charge in [0, 0.05) is 11.3 Å². The van der Waals surface area contributed by atoms with Crippen molar-refractivity contribution in [2.45, 2.75) is 39.5 Å². The van der Waals surface area contributed by atoms with Crippen LogP contribution in [-0.4, -0.2) is 4.98 Å². The number of hydrogen-bond acceptors (Lipinski definition) is 3. The third kappa shape index (κ3) is 2.27. The van der Waals surface area contributed by atoms with Gasteiger partial charge in [0.15, 0.2) is 0 Å². The maximum absolute atomic E-state index is 9.54. The average Bonchev–Trinajstić information content (AvgIpc) is 2.46. The number of hydrogen-bond donors (Lipinski definition) is 1. The first-order valence-electron chi connectivity index (χ1n) is 7.40. The summed E-state index contributed by atoms with van der Waals surface area (Å²) >= 11 is 0. The lowest BCUT2D eigenvalue weighted by Crippen LogP contribution is -2.12. The summed E-state index contributed by atoms with van der Waals surface area (Å²) in [6.07, 6.45) is 4.25. The minimum Gasteiger partial charge on any atom is -0.383 e. The third-order valence-electron chi connectivity index (χ3n) is 4.27. The fourth-order valence-corrected chi connectivity index (χ4v) is 3.27. The Labute approximate surface area is 125 Å². The van der Waals surface area contributed by atoms with Gasteiger partial charge in [-0.25, -0.2) is 4.98 Å². The highest BCUT2D eigenvalue weighted by atomic mass is 14.9. The molecular weight excluding hydrogens is 258 g/mol. The fraction of sp³-hybridized carbons (Fsp3) is 0.333. The molecule has 0 fully saturated rings. The second-order valence-electron chi connectivity index (χ2n) is 5.81. The van der Waals surface area contributed by atoms with Gasteiger partial charge < -0.3 is 5.73 Å². The highest BCUT2D eigenvalue weighted by molar-refractivity contribution is 5.81. The molecule has 3 rings (SSSR count). The van der Waals surface area contributed by atoms with Gasteiger partial charge in [0.1, 0.15) is 17.5 Å². The van der Waals surface area contributed by atoms with Crippen molar-refractivity contribution in [1.29, 1.82) is 5.26 Å². The molecule has 1 aromatic carbocycles. The van der Waals surface area contributed by atoms with Crippen LogP contribution in [0.4, 0.5) is 5.82 Å². The van der Waals surface area contributed by atoms with Crippen LogP contribution in [0.3, 0.4) is 0 Å². The van der Waals surface area contributed by atoms with E-state index in [1.54, 1.807) is 0 Å². The van der Waals surface area contributed by atoms with Gasteiger partial charge in [-0.15, -0.1) is 0 Å². The van der Waals surface area contributed by atoms with Gasteiger partial charge in [-0.05, 0) is 56.2 Å². The van der Waals surface area contributed by atoms with Crippen molar-refractivity contribution < 1.29 is 0 Å². The van der Waals surface area contributed by atoms with Gasteiger partial charge >= 0.3 is 0 Å². The molecular formula is C18H19N3. The predicted octanol–water partition coefficient (Wildman–Crippen LogP) is 3.70. The van der Waals surface area contributed by atoms with Crippen LogP contribution in [-0.2, 0) is 12.8 Å². The highest BCUT2D eigenvalue weighted by Crippen LogP contribution is 2.37. The van der Waals surface area contributed by atoms with Crippen molar-refractivity contribution in [1.82, 2.24) is 4.98 Å². The molecule has 1 aromatic heterocycles. The molecule has 1 heterocycles. The van der Waals surface area contributed by atoms with E-state index in [2.05, 4.69) is 43.1 Å². The first-order valence-corrected chi connectivity index (χ1v) is 7.40. The molecule has 0 radical (unpaired) electrons. The monoisotopic (exact) mass is 277 g/mol. The lowest BCUT2D eigenvalue weighted by Gasteiger charge is -2.22. The molecule has 0 bridgehead atoms. The van der Waals surface area contributed by atoms with Gasteiger partial charge in [-0.2, -0.15) is 5.26 Å². The summed E-state index contributed by atoms with van der Waals surface area (Å²) in [7, 11) is 0. The molecule has 0 saturated heterocycles. The van der Waals surface area contributed by atoms with Crippen LogP contribution in [0.15, 0.2) is 18.2 Å². The predicted molar refractivity (Wildman–Crippen MR) is 84.9 cm³/mol. The molecule has 0 saturated carbocycles. The maximum atomic E-state index is 9.54. The minimum atomic E-state index is 0.369. The molecule has 0 atom stereocenters. The van der Waals surface area contributed by atoms with E-state index in [0.29, 0.717) is 11.4 Å². The number of benzene rings is 1. The van der Waals surface area contributed by atoms with E-state index in [9.17, 15) is 5.26 Å². The fourth-order valence-electron chi connectivity index (χ4n) is 3.27. The zero-order valence-electron chi connectivity index (χ0n) is 12.5. The van der Waals surface area contributed by atoms with E-state index < -0.39 is 0 Å². The van der Waals surface area contributed by atoms with Crippen LogP contribution >= 0.6 is 0 Å². The topological polar surface area (TPSA) is 62.7 Å². The Morgan fingerprint density at radius 3 is 2.67 bits per heavy atom. The van der Waals surface area contributed by atoms with E-state index in [-0.39, 0.29) is 0 Å². The van der Waals surface area contributed by atoms with Crippen LogP contribution in [0.5, 0.6) is 0 Å². The largest absolute Gasteiger partial charge is 0.383 e. The Balaban J connectivity index is 2.34. The zero-order chi connectivity index (χ0) is 15.0. The van der Waals surface area contributed by atoms with Gasteiger partial charge in [-0.1, -0.05) is 23.8 Å². The van der Waals surface area contributed by atoms with Crippen molar-refractivity contribution in [2.24, 2.45) is 0 Å². The van der Waals surface area contributed by atoms with Crippen LogP contribution in [0, 0.1) is 25.2 Å². The molecule has 2 aromatic rings. The number of nitrogen functional groups attached to an aromatic ring is 1. The molecule has 21 heavy (non-hydrogen) atoms. The molecule has 1 aliphatic carbocycles. The van der Waals surface area contributed by atoms with Crippen molar-refractivity contribution in [3.63, 3.8) is 0 Å². The van der Waals surface area contributed by atoms with Crippen molar-refractivity contribution in [3.05, 3.63) is 46.1 Å². The summed E-state index contributed by atoms with van der Waals surface area (Å²) < 4.78 is 0. The quantitative estimate of drug-likeness (QED) is 0.864. The molecule has 0 amide bonds. The first kappa shape index (κ1) is 13.6. The number of nitrogens with two attached hydrogens (primary N) is 1. The van der Waals surface area contributed by atoms with Crippen LogP contribution in [0.1, 0.15) is 40.8 Å². The molecule has 3 heteroatoms. The third-order valence-corrected chi connectivity index (χ3v) is 4.27. The minimum absolute atomic E-state index is 0.369. The van der Waals surface area contributed by atoms with Crippen molar-refractivity contribution in [3.8, 4) is 17.2 Å². The van der Waals surface area contributed by atoms with Gasteiger partial charge in [0.25, 0.3) is 0 Å². The lowest BCUT2D eigenvalue weighted by atomic mass is 9.85. The van der Waals surface area contributed by atoms with E-state index in [1.165, 1.54) is 16.7 Å². The van der Waals surface area contributed by atoms with E-state index in [0.717, 1.165) is 42.5 Å². The van der Waals surface area contributed by atoms with Gasteiger partial charge in [-0.3, -0.25) is 0 Å². The second kappa shape index (κ2) is 5.21. The molecule has 0 aliphatic heterocycles. The number of pyridine rings is 1. The van der Waals surface area contributed by atoms with Crippen molar-refractivity contribution in [2.75, 3.05) is 5.73 Å². The van der Waals surface area contributed by atoms with E-state index in [4.69, 9.17) is 5.73 Å². The number of anilines is 1. The first-order chi connectivity index (χ1) is 10.1. The number of nitrogens with zero attached hydrogens (tertiary/aromatic N) is 2. The summed E-state index contributed by atoms with van der Waals surface area (Å²) in [6.45, 7) is 4.17. The molecule has 2 N–H and O–H groups in total.